The first-order valence-corrected chi connectivity index (χ1v) is 8.51. The monoisotopic (exact) mass is 345 g/mol. The van der Waals surface area contributed by atoms with Gasteiger partial charge < -0.3 is 15.0 Å². The summed E-state index contributed by atoms with van der Waals surface area (Å²) in [7, 11) is 3.22. The van der Waals surface area contributed by atoms with E-state index in [2.05, 4.69) is 5.32 Å². The van der Waals surface area contributed by atoms with Gasteiger partial charge in [0.15, 0.2) is 0 Å². The van der Waals surface area contributed by atoms with Crippen molar-refractivity contribution >= 4 is 23.5 Å². The van der Waals surface area contributed by atoms with Gasteiger partial charge in [-0.15, -0.1) is 0 Å². The minimum Gasteiger partial charge on any atom is -0.497 e. The van der Waals surface area contributed by atoms with Crippen LogP contribution in [0.5, 0.6) is 5.75 Å². The van der Waals surface area contributed by atoms with Gasteiger partial charge in [-0.05, 0) is 37.1 Å². The van der Waals surface area contributed by atoms with Gasteiger partial charge in [-0.2, -0.15) is 0 Å². The summed E-state index contributed by atoms with van der Waals surface area (Å²) in [5.74, 6) is 0.0430. The van der Waals surface area contributed by atoms with Crippen molar-refractivity contribution in [2.45, 2.75) is 37.6 Å². The number of likely N-dealkylation sites (N-methyl/N-ethyl adjacent to an activating group) is 1. The predicted molar refractivity (Wildman–Crippen MR) is 92.3 cm³/mol. The molecule has 0 aromatic heterocycles. The van der Waals surface area contributed by atoms with Crippen LogP contribution in [-0.2, 0) is 9.59 Å². The third-order valence-corrected chi connectivity index (χ3v) is 5.16. The van der Waals surface area contributed by atoms with Crippen LogP contribution in [0.1, 0.15) is 32.1 Å². The van der Waals surface area contributed by atoms with Crippen LogP contribution in [0.2, 0.25) is 0 Å². The topological polar surface area (TPSA) is 79.0 Å². The van der Waals surface area contributed by atoms with E-state index >= 15 is 0 Å². The lowest BCUT2D eigenvalue weighted by Gasteiger charge is -2.35. The van der Waals surface area contributed by atoms with E-state index < -0.39 is 17.5 Å². The molecule has 3 rings (SSSR count). The Morgan fingerprint density at radius 2 is 1.80 bits per heavy atom. The molecule has 7 heteroatoms. The first-order valence-electron chi connectivity index (χ1n) is 8.51. The van der Waals surface area contributed by atoms with Crippen LogP contribution in [0.25, 0.3) is 0 Å². The number of benzene rings is 1. The maximum atomic E-state index is 12.8. The maximum Gasteiger partial charge on any atom is 0.327 e. The smallest absolute Gasteiger partial charge is 0.327 e. The Morgan fingerprint density at radius 3 is 2.40 bits per heavy atom. The maximum absolute atomic E-state index is 12.8. The SMILES string of the molecule is COc1ccc(NC(=O)CN2C(=O)N(C)C3(CCCCC3)C2=O)cc1. The van der Waals surface area contributed by atoms with Gasteiger partial charge in [-0.1, -0.05) is 19.3 Å². The van der Waals surface area contributed by atoms with Crippen LogP contribution in [-0.4, -0.2) is 53.9 Å². The lowest BCUT2D eigenvalue weighted by atomic mass is 9.81. The van der Waals surface area contributed by atoms with Gasteiger partial charge in [0.05, 0.1) is 7.11 Å². The van der Waals surface area contributed by atoms with Gasteiger partial charge in [0, 0.05) is 12.7 Å². The summed E-state index contributed by atoms with van der Waals surface area (Å²) in [5.41, 5.74) is -0.166. The molecule has 4 amide bonds. The van der Waals surface area contributed by atoms with E-state index in [-0.39, 0.29) is 12.5 Å². The first kappa shape index (κ1) is 17.3. The Morgan fingerprint density at radius 1 is 1.16 bits per heavy atom. The van der Waals surface area contributed by atoms with E-state index in [0.29, 0.717) is 24.3 Å². The van der Waals surface area contributed by atoms with Crippen molar-refractivity contribution < 1.29 is 19.1 Å². The summed E-state index contributed by atoms with van der Waals surface area (Å²) >= 11 is 0. The molecule has 0 bridgehead atoms. The average Bonchev–Trinajstić information content (AvgIpc) is 2.79. The van der Waals surface area contributed by atoms with Gasteiger partial charge in [-0.3, -0.25) is 14.5 Å². The van der Waals surface area contributed by atoms with Gasteiger partial charge in [0.25, 0.3) is 5.91 Å². The van der Waals surface area contributed by atoms with E-state index in [1.54, 1.807) is 38.4 Å². The minimum atomic E-state index is -0.754. The summed E-state index contributed by atoms with van der Waals surface area (Å²) in [4.78, 5) is 40.2. The number of carbonyl (C=O) groups is 3. The summed E-state index contributed by atoms with van der Waals surface area (Å²) in [5, 5.41) is 2.71. The molecule has 1 aromatic rings. The zero-order chi connectivity index (χ0) is 18.0. The van der Waals surface area contributed by atoms with Gasteiger partial charge in [0.2, 0.25) is 5.91 Å². The number of carbonyl (C=O) groups excluding carboxylic acids is 3. The molecular weight excluding hydrogens is 322 g/mol. The molecule has 1 N–H and O–H groups in total. The zero-order valence-corrected chi connectivity index (χ0v) is 14.6. The molecule has 1 spiro atoms. The number of hydrogen-bond acceptors (Lipinski definition) is 4. The number of imide groups is 1. The molecule has 1 aliphatic carbocycles. The number of rotatable bonds is 4. The summed E-state index contributed by atoms with van der Waals surface area (Å²) in [6, 6.07) is 6.48. The molecule has 1 aromatic carbocycles. The van der Waals surface area contributed by atoms with Gasteiger partial charge in [-0.25, -0.2) is 4.79 Å². The summed E-state index contributed by atoms with van der Waals surface area (Å²) in [6.45, 7) is -0.268. The van der Waals surface area contributed by atoms with Crippen molar-refractivity contribution in [2.75, 3.05) is 26.0 Å². The lowest BCUT2D eigenvalue weighted by Crippen LogP contribution is -2.49. The van der Waals surface area contributed by atoms with Crippen molar-refractivity contribution in [3.63, 3.8) is 0 Å². The standard InChI is InChI=1S/C18H23N3O4/c1-20-17(24)21(16(23)18(20)10-4-3-5-11-18)12-15(22)19-13-6-8-14(25-2)9-7-13/h6-9H,3-5,10-12H2,1-2H3,(H,19,22). The highest BCUT2D eigenvalue weighted by Crippen LogP contribution is 2.39. The Hall–Kier alpha value is -2.57. The molecule has 0 atom stereocenters. The van der Waals surface area contributed by atoms with Crippen LogP contribution < -0.4 is 10.1 Å². The highest BCUT2D eigenvalue weighted by molar-refractivity contribution is 6.10. The number of nitrogens with one attached hydrogen (secondary N) is 1. The van der Waals surface area contributed by atoms with Crippen LogP contribution >= 0.6 is 0 Å². The first-order chi connectivity index (χ1) is 12.0. The molecule has 1 saturated carbocycles. The predicted octanol–water partition coefficient (Wildman–Crippen LogP) is 2.23. The van der Waals surface area contributed by atoms with Crippen molar-refractivity contribution in [1.29, 1.82) is 0 Å². The molecule has 1 aliphatic heterocycles. The second-order valence-corrected chi connectivity index (χ2v) is 6.60. The second-order valence-electron chi connectivity index (χ2n) is 6.60. The highest BCUT2D eigenvalue weighted by atomic mass is 16.5. The van der Waals surface area contributed by atoms with E-state index in [9.17, 15) is 14.4 Å². The number of urea groups is 1. The van der Waals surface area contributed by atoms with Gasteiger partial charge in [0.1, 0.15) is 17.8 Å². The molecule has 2 aliphatic rings. The molecule has 25 heavy (non-hydrogen) atoms. The highest BCUT2D eigenvalue weighted by Gasteiger charge is 2.55. The third-order valence-electron chi connectivity index (χ3n) is 5.16. The zero-order valence-electron chi connectivity index (χ0n) is 14.6. The molecule has 0 radical (unpaired) electrons. The molecule has 134 valence electrons. The van der Waals surface area contributed by atoms with E-state index in [1.165, 1.54) is 4.90 Å². The Kier molecular flexibility index (Phi) is 4.65. The van der Waals surface area contributed by atoms with E-state index in [1.807, 2.05) is 0 Å². The number of amides is 4. The summed E-state index contributed by atoms with van der Waals surface area (Å²) < 4.78 is 5.07. The summed E-state index contributed by atoms with van der Waals surface area (Å²) in [6.07, 6.45) is 4.27. The number of methoxy groups -OCH3 is 1. The molecular formula is C18H23N3O4. The number of hydrogen-bond donors (Lipinski definition) is 1. The van der Waals surface area contributed by atoms with Crippen LogP contribution in [0.15, 0.2) is 24.3 Å². The Bertz CT molecular complexity index is 680. The van der Waals surface area contributed by atoms with Crippen molar-refractivity contribution in [3.8, 4) is 5.75 Å². The van der Waals surface area contributed by atoms with Crippen LogP contribution in [0.3, 0.4) is 0 Å². The van der Waals surface area contributed by atoms with Crippen molar-refractivity contribution in [3.05, 3.63) is 24.3 Å². The fourth-order valence-electron chi connectivity index (χ4n) is 3.69. The third kappa shape index (κ3) is 3.06. The molecule has 2 fully saturated rings. The molecule has 0 unspecified atom stereocenters. The number of ether oxygens (including phenoxy) is 1. The van der Waals surface area contributed by atoms with E-state index in [0.717, 1.165) is 24.2 Å². The Balaban J connectivity index is 1.68. The minimum absolute atomic E-state index is 0.246. The Labute approximate surface area is 146 Å². The largest absolute Gasteiger partial charge is 0.497 e. The fraction of sp³-hybridized carbons (Fsp3) is 0.500. The molecule has 1 saturated heterocycles. The van der Waals surface area contributed by atoms with Crippen LogP contribution in [0, 0.1) is 0 Å². The number of nitrogens with zero attached hydrogens (tertiary/aromatic N) is 2. The van der Waals surface area contributed by atoms with Crippen molar-refractivity contribution in [2.24, 2.45) is 0 Å². The normalized spacial score (nSPS) is 19.4. The fourth-order valence-corrected chi connectivity index (χ4v) is 3.69. The van der Waals surface area contributed by atoms with Crippen LogP contribution in [0.4, 0.5) is 10.5 Å². The number of anilines is 1. The molecule has 7 nitrogen and oxygen atoms in total. The molecule has 1 heterocycles. The lowest BCUT2D eigenvalue weighted by molar-refractivity contribution is -0.136. The quantitative estimate of drug-likeness (QED) is 0.849. The average molecular weight is 345 g/mol. The van der Waals surface area contributed by atoms with E-state index in [4.69, 9.17) is 4.74 Å². The second kappa shape index (κ2) is 6.74. The van der Waals surface area contributed by atoms with Crippen molar-refractivity contribution in [1.82, 2.24) is 9.80 Å². The van der Waals surface area contributed by atoms with Gasteiger partial charge >= 0.3 is 6.03 Å².